The first kappa shape index (κ1) is 26.7. The van der Waals surface area contributed by atoms with Gasteiger partial charge in [0, 0.05) is 28.8 Å². The molecule has 2 aromatic carbocycles. The van der Waals surface area contributed by atoms with Gasteiger partial charge >= 0.3 is 0 Å². The first-order valence-corrected chi connectivity index (χ1v) is 14.6. The second-order valence-corrected chi connectivity index (χ2v) is 11.2. The molecule has 5 nitrogen and oxygen atoms in total. The van der Waals surface area contributed by atoms with Crippen LogP contribution in [-0.4, -0.2) is 35.1 Å². The number of anilines is 1. The Morgan fingerprint density at radius 2 is 2.06 bits per heavy atom. The molecule has 2 fully saturated rings. The molecule has 2 aliphatic rings. The van der Waals surface area contributed by atoms with Crippen molar-refractivity contribution in [3.05, 3.63) is 77.4 Å². The third-order valence-electron chi connectivity index (χ3n) is 7.52. The SMILES string of the molecule is C=CC(=O)N1CCC(C)(Nc2cccc(/C(C)=N/OCc3ccc(C4CCCCC4)c(CI)c3)c2)C1. The highest BCUT2D eigenvalue weighted by molar-refractivity contribution is 14.1. The predicted octanol–water partition coefficient (Wildman–Crippen LogP) is 7.20. The molecule has 1 amide bonds. The fourth-order valence-electron chi connectivity index (χ4n) is 5.48. The molecule has 0 bridgehead atoms. The lowest BCUT2D eigenvalue weighted by Crippen LogP contribution is -2.39. The molecule has 192 valence electrons. The summed E-state index contributed by atoms with van der Waals surface area (Å²) in [5.74, 6) is 0.709. The van der Waals surface area contributed by atoms with Gasteiger partial charge in [0.05, 0.1) is 11.3 Å². The van der Waals surface area contributed by atoms with E-state index in [9.17, 15) is 4.79 Å². The number of nitrogens with zero attached hydrogens (tertiary/aromatic N) is 2. The molecule has 36 heavy (non-hydrogen) atoms. The average molecular weight is 600 g/mol. The number of nitrogens with one attached hydrogen (secondary N) is 1. The largest absolute Gasteiger partial charge is 0.391 e. The van der Waals surface area contributed by atoms with Crippen molar-refractivity contribution in [3.8, 4) is 0 Å². The number of carbonyl (C=O) groups is 1. The van der Waals surface area contributed by atoms with E-state index in [4.69, 9.17) is 4.84 Å². The Labute approximate surface area is 229 Å². The fraction of sp³-hybridized carbons (Fsp3) is 0.467. The number of carbonyl (C=O) groups excluding carboxylic acids is 1. The molecule has 1 atom stereocenters. The minimum Gasteiger partial charge on any atom is -0.391 e. The number of rotatable bonds is 9. The second kappa shape index (κ2) is 12.3. The normalized spacial score (nSPS) is 20.9. The molecule has 0 aromatic heterocycles. The maximum atomic E-state index is 12.0. The van der Waals surface area contributed by atoms with Crippen LogP contribution in [0.4, 0.5) is 5.69 Å². The first-order valence-electron chi connectivity index (χ1n) is 13.0. The monoisotopic (exact) mass is 599 g/mol. The zero-order chi connectivity index (χ0) is 25.5. The summed E-state index contributed by atoms with van der Waals surface area (Å²) in [6.45, 7) is 9.61. The van der Waals surface area contributed by atoms with Crippen LogP contribution in [0.1, 0.15) is 80.5 Å². The van der Waals surface area contributed by atoms with Gasteiger partial charge in [-0.25, -0.2) is 0 Å². The Morgan fingerprint density at radius 3 is 2.81 bits per heavy atom. The molecule has 6 heteroatoms. The third kappa shape index (κ3) is 6.69. The second-order valence-electron chi connectivity index (χ2n) is 10.4. The molecule has 2 aromatic rings. The molecule has 1 aliphatic heterocycles. The van der Waals surface area contributed by atoms with Crippen LogP contribution in [0, 0.1) is 0 Å². The van der Waals surface area contributed by atoms with Crippen molar-refractivity contribution in [3.63, 3.8) is 0 Å². The maximum absolute atomic E-state index is 12.0. The molecule has 1 aliphatic carbocycles. The lowest BCUT2D eigenvalue weighted by molar-refractivity contribution is -0.125. The topological polar surface area (TPSA) is 53.9 Å². The summed E-state index contributed by atoms with van der Waals surface area (Å²) >= 11 is 2.48. The molecular weight excluding hydrogens is 561 g/mol. The van der Waals surface area contributed by atoms with Gasteiger partial charge in [0.15, 0.2) is 0 Å². The summed E-state index contributed by atoms with van der Waals surface area (Å²) in [6.07, 6.45) is 9.02. The van der Waals surface area contributed by atoms with E-state index >= 15 is 0 Å². The van der Waals surface area contributed by atoms with Crippen LogP contribution in [0.2, 0.25) is 0 Å². The van der Waals surface area contributed by atoms with E-state index in [1.807, 2.05) is 24.0 Å². The van der Waals surface area contributed by atoms with Crippen LogP contribution in [0.15, 0.2) is 60.3 Å². The van der Waals surface area contributed by atoms with Crippen LogP contribution in [0.25, 0.3) is 0 Å². The highest BCUT2D eigenvalue weighted by Gasteiger charge is 2.35. The zero-order valence-electron chi connectivity index (χ0n) is 21.6. The van der Waals surface area contributed by atoms with E-state index in [1.165, 1.54) is 54.9 Å². The van der Waals surface area contributed by atoms with Crippen molar-refractivity contribution in [1.82, 2.24) is 4.90 Å². The summed E-state index contributed by atoms with van der Waals surface area (Å²) in [5.41, 5.74) is 6.84. The third-order valence-corrected chi connectivity index (χ3v) is 8.34. The molecule has 0 spiro atoms. The standard InChI is InChI=1S/C30H38IN3O2/c1-4-29(35)34-16-15-30(3,21-34)32-27-12-8-11-25(18-27)22(2)33-36-20-23-13-14-28(26(17-23)19-31)24-9-6-5-7-10-24/h4,8,11-14,17-18,24,32H,1,5-7,9-10,15-16,19-21H2,2-3H3/b33-22+. The highest BCUT2D eigenvalue weighted by atomic mass is 127. The molecule has 1 N–H and O–H groups in total. The van der Waals surface area contributed by atoms with E-state index in [0.717, 1.165) is 40.3 Å². The van der Waals surface area contributed by atoms with Crippen LogP contribution in [0.3, 0.4) is 0 Å². The fourth-order valence-corrected chi connectivity index (χ4v) is 6.14. The summed E-state index contributed by atoms with van der Waals surface area (Å²) in [6, 6.07) is 15.1. The van der Waals surface area contributed by atoms with Crippen molar-refractivity contribution in [2.75, 3.05) is 18.4 Å². The summed E-state index contributed by atoms with van der Waals surface area (Å²) in [4.78, 5) is 19.6. The van der Waals surface area contributed by atoms with Gasteiger partial charge in [-0.15, -0.1) is 0 Å². The van der Waals surface area contributed by atoms with Crippen LogP contribution in [0.5, 0.6) is 0 Å². The number of amides is 1. The molecular formula is C30H38IN3O2. The van der Waals surface area contributed by atoms with Gasteiger partial charge in [0.2, 0.25) is 5.91 Å². The summed E-state index contributed by atoms with van der Waals surface area (Å²) in [7, 11) is 0. The van der Waals surface area contributed by atoms with E-state index in [2.05, 4.69) is 76.9 Å². The molecule has 4 rings (SSSR count). The van der Waals surface area contributed by atoms with Crippen molar-refractivity contribution < 1.29 is 9.63 Å². The number of halogens is 1. The van der Waals surface area contributed by atoms with Crippen LogP contribution >= 0.6 is 22.6 Å². The number of benzene rings is 2. The van der Waals surface area contributed by atoms with Crippen molar-refractivity contribution in [1.29, 1.82) is 0 Å². The number of alkyl halides is 1. The highest BCUT2D eigenvalue weighted by Crippen LogP contribution is 2.35. The lowest BCUT2D eigenvalue weighted by atomic mass is 9.82. The summed E-state index contributed by atoms with van der Waals surface area (Å²) in [5, 5.41) is 8.04. The quantitative estimate of drug-likeness (QED) is 0.109. The van der Waals surface area contributed by atoms with Crippen molar-refractivity contribution >= 4 is 39.9 Å². The molecule has 1 heterocycles. The molecule has 1 saturated carbocycles. The van der Waals surface area contributed by atoms with Crippen molar-refractivity contribution in [2.45, 2.75) is 74.9 Å². The van der Waals surface area contributed by atoms with Crippen LogP contribution in [-0.2, 0) is 20.7 Å². The Kier molecular flexibility index (Phi) is 9.09. The molecule has 1 saturated heterocycles. The van der Waals surface area contributed by atoms with Gasteiger partial charge in [0.1, 0.15) is 6.61 Å². The van der Waals surface area contributed by atoms with Gasteiger partial charge in [0.25, 0.3) is 0 Å². The smallest absolute Gasteiger partial charge is 0.246 e. The van der Waals surface area contributed by atoms with Gasteiger partial charge in [-0.1, -0.05) is 83.9 Å². The van der Waals surface area contributed by atoms with Gasteiger partial charge < -0.3 is 15.1 Å². The van der Waals surface area contributed by atoms with E-state index in [0.29, 0.717) is 13.2 Å². The lowest BCUT2D eigenvalue weighted by Gasteiger charge is -2.27. The molecule has 1 unspecified atom stereocenters. The van der Waals surface area contributed by atoms with E-state index in [-0.39, 0.29) is 11.4 Å². The first-order chi connectivity index (χ1) is 17.4. The number of hydrogen-bond donors (Lipinski definition) is 1. The Morgan fingerprint density at radius 1 is 1.25 bits per heavy atom. The van der Waals surface area contributed by atoms with Crippen molar-refractivity contribution in [2.24, 2.45) is 5.16 Å². The number of likely N-dealkylation sites (tertiary alicyclic amines) is 1. The van der Waals surface area contributed by atoms with Gasteiger partial charge in [-0.3, -0.25) is 4.79 Å². The molecule has 0 radical (unpaired) electrons. The van der Waals surface area contributed by atoms with Gasteiger partial charge in [-0.2, -0.15) is 0 Å². The van der Waals surface area contributed by atoms with Crippen LogP contribution < -0.4 is 5.32 Å². The zero-order valence-corrected chi connectivity index (χ0v) is 23.7. The van der Waals surface area contributed by atoms with E-state index in [1.54, 1.807) is 0 Å². The summed E-state index contributed by atoms with van der Waals surface area (Å²) < 4.78 is 1.03. The Bertz CT molecular complexity index is 1110. The number of hydrogen-bond acceptors (Lipinski definition) is 4. The Balaban J connectivity index is 1.36. The maximum Gasteiger partial charge on any atom is 0.246 e. The predicted molar refractivity (Wildman–Crippen MR) is 157 cm³/mol. The van der Waals surface area contributed by atoms with E-state index < -0.39 is 0 Å². The van der Waals surface area contributed by atoms with Gasteiger partial charge in [-0.05, 0) is 73.9 Å². The minimum absolute atomic E-state index is 0.0105. The number of oxime groups is 1. The Hall–Kier alpha value is -2.35. The average Bonchev–Trinajstić information content (AvgIpc) is 3.30. The minimum atomic E-state index is -0.168.